The van der Waals surface area contributed by atoms with Crippen molar-refractivity contribution in [1.29, 1.82) is 5.26 Å². The second-order valence-electron chi connectivity index (χ2n) is 5.38. The van der Waals surface area contributed by atoms with Crippen LogP contribution >= 0.6 is 11.6 Å². The molecule has 23 heavy (non-hydrogen) atoms. The Labute approximate surface area is 135 Å². The molecule has 0 atom stereocenters. The Morgan fingerprint density at radius 1 is 1.35 bits per heavy atom. The predicted octanol–water partition coefficient (Wildman–Crippen LogP) is 1.73. The Balaban J connectivity index is 1.72. The Morgan fingerprint density at radius 3 is 3.00 bits per heavy atom. The molecule has 114 valence electrons. The minimum Gasteiger partial charge on any atom is -0.351 e. The Hall–Kier alpha value is -2.85. The number of nitriles is 1. The number of pyridine rings is 2. The van der Waals surface area contributed by atoms with Gasteiger partial charge in [0.05, 0.1) is 16.1 Å². The molecule has 0 fully saturated rings. The van der Waals surface area contributed by atoms with Crippen molar-refractivity contribution in [2.24, 2.45) is 0 Å². The Morgan fingerprint density at radius 2 is 2.22 bits per heavy atom. The lowest BCUT2D eigenvalue weighted by atomic mass is 10.1. The minimum atomic E-state index is -0.261. The van der Waals surface area contributed by atoms with E-state index < -0.39 is 0 Å². The van der Waals surface area contributed by atoms with Gasteiger partial charge >= 0.3 is 5.69 Å². The first-order chi connectivity index (χ1) is 11.1. The number of aromatic nitrogens is 4. The van der Waals surface area contributed by atoms with Crippen LogP contribution in [0.15, 0.2) is 23.1 Å². The molecule has 0 saturated heterocycles. The van der Waals surface area contributed by atoms with Crippen LogP contribution in [0.25, 0.3) is 11.2 Å². The first-order valence-corrected chi connectivity index (χ1v) is 7.43. The van der Waals surface area contributed by atoms with Crippen LogP contribution in [-0.2, 0) is 13.0 Å². The summed E-state index contributed by atoms with van der Waals surface area (Å²) in [5.41, 5.74) is 3.44. The van der Waals surface area contributed by atoms with Gasteiger partial charge in [-0.05, 0) is 17.7 Å². The summed E-state index contributed by atoms with van der Waals surface area (Å²) in [6.45, 7) is 1.32. The SMILES string of the molecule is N#Cc1cnc(N2CCc3nc4[nH]c(=O)[nH]c4cc3C2)c(Cl)c1. The Bertz CT molecular complexity index is 1010. The molecule has 0 unspecified atom stereocenters. The highest BCUT2D eigenvalue weighted by Crippen LogP contribution is 2.29. The number of nitrogens with zero attached hydrogens (tertiary/aromatic N) is 4. The van der Waals surface area contributed by atoms with E-state index in [1.165, 1.54) is 6.20 Å². The first kappa shape index (κ1) is 13.8. The van der Waals surface area contributed by atoms with Crippen molar-refractivity contribution in [2.75, 3.05) is 11.4 Å². The number of anilines is 1. The fourth-order valence-electron chi connectivity index (χ4n) is 2.83. The van der Waals surface area contributed by atoms with Crippen LogP contribution in [0.4, 0.5) is 5.82 Å². The molecule has 3 aromatic rings. The van der Waals surface area contributed by atoms with E-state index >= 15 is 0 Å². The third-order valence-electron chi connectivity index (χ3n) is 3.90. The van der Waals surface area contributed by atoms with Crippen molar-refractivity contribution in [3.8, 4) is 6.07 Å². The molecular weight excluding hydrogens is 316 g/mol. The molecule has 1 aliphatic rings. The summed E-state index contributed by atoms with van der Waals surface area (Å²) in [5.74, 6) is 0.652. The van der Waals surface area contributed by atoms with E-state index in [1.54, 1.807) is 6.07 Å². The van der Waals surface area contributed by atoms with Crippen LogP contribution in [0, 0.1) is 11.3 Å². The number of H-pyrrole nitrogens is 2. The fourth-order valence-corrected chi connectivity index (χ4v) is 3.11. The molecular formula is C15H11ClN6O. The van der Waals surface area contributed by atoms with Gasteiger partial charge in [-0.25, -0.2) is 14.8 Å². The van der Waals surface area contributed by atoms with Gasteiger partial charge in [0.15, 0.2) is 5.65 Å². The van der Waals surface area contributed by atoms with Gasteiger partial charge in [0.1, 0.15) is 11.9 Å². The normalized spacial score (nSPS) is 13.8. The lowest BCUT2D eigenvalue weighted by Crippen LogP contribution is -2.31. The lowest BCUT2D eigenvalue weighted by Gasteiger charge is -2.29. The molecule has 0 saturated carbocycles. The molecule has 0 amide bonds. The number of halogens is 1. The van der Waals surface area contributed by atoms with Crippen molar-refractivity contribution in [3.05, 3.63) is 50.7 Å². The highest BCUT2D eigenvalue weighted by Gasteiger charge is 2.21. The fraction of sp³-hybridized carbons (Fsp3) is 0.200. The van der Waals surface area contributed by atoms with Gasteiger partial charge in [0.25, 0.3) is 0 Å². The molecule has 1 aliphatic heterocycles. The smallest absolute Gasteiger partial charge is 0.325 e. The molecule has 0 bridgehead atoms. The molecule has 8 heteroatoms. The summed E-state index contributed by atoms with van der Waals surface area (Å²) >= 11 is 6.24. The number of aromatic amines is 2. The van der Waals surface area contributed by atoms with Crippen molar-refractivity contribution in [2.45, 2.75) is 13.0 Å². The number of hydrogen-bond acceptors (Lipinski definition) is 5. The number of rotatable bonds is 1. The predicted molar refractivity (Wildman–Crippen MR) is 85.4 cm³/mol. The van der Waals surface area contributed by atoms with E-state index in [-0.39, 0.29) is 5.69 Å². The summed E-state index contributed by atoms with van der Waals surface area (Å²) < 4.78 is 0. The van der Waals surface area contributed by atoms with E-state index in [9.17, 15) is 4.79 Å². The first-order valence-electron chi connectivity index (χ1n) is 7.05. The van der Waals surface area contributed by atoms with Crippen molar-refractivity contribution < 1.29 is 0 Å². The van der Waals surface area contributed by atoms with Gasteiger partial charge in [-0.1, -0.05) is 11.6 Å². The Kier molecular flexibility index (Phi) is 3.06. The van der Waals surface area contributed by atoms with E-state index in [4.69, 9.17) is 16.9 Å². The molecule has 2 N–H and O–H groups in total. The zero-order valence-electron chi connectivity index (χ0n) is 11.9. The molecule has 0 radical (unpaired) electrons. The molecule has 4 heterocycles. The third kappa shape index (κ3) is 2.33. The number of fused-ring (bicyclic) bond motifs is 2. The maximum Gasteiger partial charge on any atom is 0.325 e. The van der Waals surface area contributed by atoms with Gasteiger partial charge in [0, 0.05) is 31.4 Å². The van der Waals surface area contributed by atoms with Crippen LogP contribution in [0.3, 0.4) is 0 Å². The van der Waals surface area contributed by atoms with Gasteiger partial charge in [-0.3, -0.25) is 4.98 Å². The van der Waals surface area contributed by atoms with Gasteiger partial charge in [-0.2, -0.15) is 5.26 Å². The third-order valence-corrected chi connectivity index (χ3v) is 4.18. The van der Waals surface area contributed by atoms with Crippen LogP contribution in [0.1, 0.15) is 16.8 Å². The van der Waals surface area contributed by atoms with E-state index in [1.807, 2.05) is 17.0 Å². The molecule has 0 spiro atoms. The number of hydrogen-bond donors (Lipinski definition) is 2. The van der Waals surface area contributed by atoms with E-state index in [2.05, 4.69) is 19.9 Å². The van der Waals surface area contributed by atoms with Crippen LogP contribution in [-0.4, -0.2) is 26.5 Å². The van der Waals surface area contributed by atoms with Crippen molar-refractivity contribution in [1.82, 2.24) is 19.9 Å². The average molecular weight is 327 g/mol. The summed E-state index contributed by atoms with van der Waals surface area (Å²) in [5, 5.41) is 9.35. The average Bonchev–Trinajstić information content (AvgIpc) is 2.90. The number of imidazole rings is 1. The zero-order chi connectivity index (χ0) is 16.0. The molecule has 7 nitrogen and oxygen atoms in total. The van der Waals surface area contributed by atoms with Crippen LogP contribution in [0.5, 0.6) is 0 Å². The summed E-state index contributed by atoms with van der Waals surface area (Å²) in [7, 11) is 0. The van der Waals surface area contributed by atoms with E-state index in [0.29, 0.717) is 34.1 Å². The van der Waals surface area contributed by atoms with Crippen molar-refractivity contribution in [3.63, 3.8) is 0 Å². The highest BCUT2D eigenvalue weighted by atomic mass is 35.5. The van der Waals surface area contributed by atoms with Gasteiger partial charge in [0.2, 0.25) is 0 Å². The topological polar surface area (TPSA) is 101 Å². The monoisotopic (exact) mass is 326 g/mol. The van der Waals surface area contributed by atoms with Gasteiger partial charge < -0.3 is 9.88 Å². The van der Waals surface area contributed by atoms with Crippen LogP contribution in [0.2, 0.25) is 5.02 Å². The molecule has 3 aromatic heterocycles. The molecule has 0 aromatic carbocycles. The van der Waals surface area contributed by atoms with Gasteiger partial charge in [-0.15, -0.1) is 0 Å². The second-order valence-corrected chi connectivity index (χ2v) is 5.79. The zero-order valence-corrected chi connectivity index (χ0v) is 12.7. The largest absolute Gasteiger partial charge is 0.351 e. The maximum atomic E-state index is 11.4. The standard InChI is InChI=1S/C15H11ClN6O/c16-10-3-8(5-17)6-18-14(10)22-2-1-11-9(7-22)4-12-13(19-11)21-15(23)20-12/h3-4,6H,1-2,7H2,(H2,19,20,21,23). The lowest BCUT2D eigenvalue weighted by molar-refractivity contribution is 0.706. The number of nitrogens with one attached hydrogen (secondary N) is 2. The summed E-state index contributed by atoms with van der Waals surface area (Å²) in [6, 6.07) is 5.57. The summed E-state index contributed by atoms with van der Waals surface area (Å²) in [6.07, 6.45) is 2.25. The quantitative estimate of drug-likeness (QED) is 0.709. The van der Waals surface area contributed by atoms with E-state index in [0.717, 1.165) is 24.2 Å². The maximum absolute atomic E-state index is 11.4. The highest BCUT2D eigenvalue weighted by molar-refractivity contribution is 6.33. The van der Waals surface area contributed by atoms with Crippen molar-refractivity contribution >= 4 is 28.6 Å². The minimum absolute atomic E-state index is 0.261. The van der Waals surface area contributed by atoms with Crippen LogP contribution < -0.4 is 10.6 Å². The summed E-state index contributed by atoms with van der Waals surface area (Å²) in [4.78, 5) is 27.6. The molecule has 4 rings (SSSR count). The molecule has 0 aliphatic carbocycles. The second kappa shape index (κ2) is 5.11.